The Morgan fingerprint density at radius 3 is 2.48 bits per heavy atom. The minimum Gasteiger partial charge on any atom is -0.377 e. The number of carbonyl (C=O) groups is 2. The molecule has 0 aliphatic carbocycles. The van der Waals surface area contributed by atoms with Gasteiger partial charge in [-0.05, 0) is 70.4 Å². The average molecular weight is 646 g/mol. The molecule has 2 aromatic heterocycles. The monoisotopic (exact) mass is 644 g/mol. The molecule has 0 bridgehead atoms. The van der Waals surface area contributed by atoms with E-state index in [-0.39, 0.29) is 23.9 Å². The van der Waals surface area contributed by atoms with Crippen molar-refractivity contribution in [3.8, 4) is 5.69 Å². The van der Waals surface area contributed by atoms with Crippen molar-refractivity contribution in [3.05, 3.63) is 127 Å². The van der Waals surface area contributed by atoms with E-state index < -0.39 is 0 Å². The van der Waals surface area contributed by atoms with Crippen LogP contribution in [-0.2, 0) is 19.5 Å². The number of nitrogens with one attached hydrogen (secondary N) is 2. The fraction of sp³-hybridized carbons (Fsp3) is 0.161. The zero-order valence-corrected chi connectivity index (χ0v) is 24.9. The van der Waals surface area contributed by atoms with E-state index in [1.54, 1.807) is 69.7 Å². The Balaban J connectivity index is 1.45. The topological polar surface area (TPSA) is 101 Å². The second-order valence-electron chi connectivity index (χ2n) is 9.93. The molecule has 0 atom stereocenters. The highest BCUT2D eigenvalue weighted by Crippen LogP contribution is 2.28. The van der Waals surface area contributed by atoms with Gasteiger partial charge in [0.25, 0.3) is 17.4 Å². The van der Waals surface area contributed by atoms with Crippen molar-refractivity contribution in [1.82, 2.24) is 24.4 Å². The molecule has 42 heavy (non-hydrogen) atoms. The number of aromatic nitrogens is 3. The van der Waals surface area contributed by atoms with Gasteiger partial charge in [-0.3, -0.25) is 19.0 Å². The molecule has 2 amide bonds. The van der Waals surface area contributed by atoms with Crippen molar-refractivity contribution >= 4 is 50.7 Å². The summed E-state index contributed by atoms with van der Waals surface area (Å²) in [7, 11) is 1.57. The van der Waals surface area contributed by atoms with Crippen molar-refractivity contribution in [2.75, 3.05) is 18.9 Å². The summed E-state index contributed by atoms with van der Waals surface area (Å²) < 4.78 is 4.08. The number of rotatable bonds is 6. The lowest BCUT2D eigenvalue weighted by molar-refractivity contribution is 0.0729. The van der Waals surface area contributed by atoms with E-state index in [1.165, 1.54) is 0 Å². The largest absolute Gasteiger partial charge is 0.377 e. The first-order valence-electron chi connectivity index (χ1n) is 13.3. The van der Waals surface area contributed by atoms with Gasteiger partial charge in [0.05, 0.1) is 34.8 Å². The van der Waals surface area contributed by atoms with Gasteiger partial charge in [0.1, 0.15) is 0 Å². The Morgan fingerprint density at radius 1 is 1.02 bits per heavy atom. The Kier molecular flexibility index (Phi) is 7.57. The van der Waals surface area contributed by atoms with Gasteiger partial charge in [0, 0.05) is 41.3 Å². The highest BCUT2D eigenvalue weighted by molar-refractivity contribution is 9.10. The summed E-state index contributed by atoms with van der Waals surface area (Å²) in [4.78, 5) is 41.5. The number of fused-ring (bicyclic) bond motifs is 3. The van der Waals surface area contributed by atoms with E-state index in [2.05, 4.69) is 31.7 Å². The van der Waals surface area contributed by atoms with Crippen LogP contribution in [-0.4, -0.2) is 44.5 Å². The lowest BCUT2D eigenvalue weighted by Crippen LogP contribution is -2.41. The van der Waals surface area contributed by atoms with Crippen LogP contribution in [0.1, 0.15) is 37.5 Å². The summed E-state index contributed by atoms with van der Waals surface area (Å²) in [5, 5.41) is 11.2. The Hall–Kier alpha value is -4.41. The molecule has 0 fully saturated rings. The Bertz CT molecular complexity index is 1890. The van der Waals surface area contributed by atoms with E-state index in [4.69, 9.17) is 11.6 Å². The third-order valence-electron chi connectivity index (χ3n) is 7.39. The molecular weight excluding hydrogens is 620 g/mol. The first-order chi connectivity index (χ1) is 20.4. The van der Waals surface area contributed by atoms with Gasteiger partial charge in [-0.1, -0.05) is 41.9 Å². The van der Waals surface area contributed by atoms with Crippen molar-refractivity contribution in [1.29, 1.82) is 0 Å². The van der Waals surface area contributed by atoms with Crippen molar-refractivity contribution in [3.63, 3.8) is 0 Å². The molecule has 0 saturated carbocycles. The van der Waals surface area contributed by atoms with Crippen molar-refractivity contribution in [2.24, 2.45) is 0 Å². The first-order valence-corrected chi connectivity index (χ1v) is 14.5. The van der Waals surface area contributed by atoms with Crippen LogP contribution < -0.4 is 16.2 Å². The summed E-state index contributed by atoms with van der Waals surface area (Å²) in [6.07, 6.45) is 2.06. The van der Waals surface area contributed by atoms with Crippen LogP contribution >= 0.6 is 27.5 Å². The predicted octanol–water partition coefficient (Wildman–Crippen LogP) is 5.07. The van der Waals surface area contributed by atoms with Gasteiger partial charge in [-0.2, -0.15) is 5.10 Å². The molecule has 3 aromatic carbocycles. The maximum Gasteiger partial charge on any atom is 0.261 e. The number of anilines is 1. The number of nitrogens with zero attached hydrogens (tertiary/aromatic N) is 4. The van der Waals surface area contributed by atoms with Crippen molar-refractivity contribution in [2.45, 2.75) is 19.5 Å². The fourth-order valence-electron chi connectivity index (χ4n) is 5.21. The molecule has 0 saturated heterocycles. The number of halogens is 2. The van der Waals surface area contributed by atoms with Crippen LogP contribution in [0.5, 0.6) is 0 Å². The van der Waals surface area contributed by atoms with Crippen LogP contribution in [0.3, 0.4) is 0 Å². The highest BCUT2D eigenvalue weighted by Gasteiger charge is 2.29. The molecule has 5 aromatic rings. The summed E-state index contributed by atoms with van der Waals surface area (Å²) in [6.45, 7) is 1.11. The van der Waals surface area contributed by atoms with Crippen LogP contribution in [0.4, 0.5) is 5.69 Å². The van der Waals surface area contributed by atoms with E-state index in [1.807, 2.05) is 30.3 Å². The first kappa shape index (κ1) is 27.7. The third kappa shape index (κ3) is 5.08. The standard InChI is InChI=1S/C31H26BrClN6O3/c1-34-28(40)20-7-10-22(11-8-20)38-29-26(35-16-19-5-3-2-4-6-19)17-36-39(29)27-18-37(14-13-23(27)31(38)42)30(41)21-9-12-24(32)25(33)15-21/h2-12,15,17,35H,13-14,16,18H2,1H3,(H,34,40). The molecule has 0 radical (unpaired) electrons. The third-order valence-corrected chi connectivity index (χ3v) is 8.62. The summed E-state index contributed by atoms with van der Waals surface area (Å²) in [5.41, 5.74) is 4.90. The quantitative estimate of drug-likeness (QED) is 0.269. The molecule has 0 spiro atoms. The van der Waals surface area contributed by atoms with Gasteiger partial charge < -0.3 is 15.5 Å². The van der Waals surface area contributed by atoms with E-state index >= 15 is 0 Å². The highest BCUT2D eigenvalue weighted by atomic mass is 79.9. The SMILES string of the molecule is CNC(=O)c1ccc(-n2c(=O)c3c(n4ncc(NCc5ccccc5)c24)CN(C(=O)c2ccc(Br)c(Cl)c2)CC3)cc1. The van der Waals surface area contributed by atoms with Crippen LogP contribution in [0, 0.1) is 0 Å². The van der Waals surface area contributed by atoms with Crippen LogP contribution in [0.25, 0.3) is 11.3 Å². The molecular formula is C31H26BrClN6O3. The van der Waals surface area contributed by atoms with Gasteiger partial charge >= 0.3 is 0 Å². The molecule has 1 aliphatic rings. The second-order valence-corrected chi connectivity index (χ2v) is 11.2. The summed E-state index contributed by atoms with van der Waals surface area (Å²) in [5.74, 6) is -0.386. The normalized spacial score (nSPS) is 12.7. The molecule has 9 nitrogen and oxygen atoms in total. The van der Waals surface area contributed by atoms with Gasteiger partial charge in [0.15, 0.2) is 5.65 Å². The summed E-state index contributed by atoms with van der Waals surface area (Å²) >= 11 is 9.63. The van der Waals surface area contributed by atoms with E-state index in [0.717, 1.165) is 5.56 Å². The number of benzene rings is 3. The number of amides is 2. The number of carbonyl (C=O) groups excluding carboxylic acids is 2. The van der Waals surface area contributed by atoms with Gasteiger partial charge in [-0.15, -0.1) is 0 Å². The summed E-state index contributed by atoms with van der Waals surface area (Å²) in [6, 6.07) is 21.9. The fourth-order valence-corrected chi connectivity index (χ4v) is 5.63. The second kappa shape index (κ2) is 11.5. The van der Waals surface area contributed by atoms with E-state index in [0.29, 0.717) is 68.4 Å². The molecule has 6 rings (SSSR count). The maximum absolute atomic E-state index is 14.1. The minimum atomic E-state index is -0.212. The Labute approximate surface area is 254 Å². The van der Waals surface area contributed by atoms with Crippen molar-refractivity contribution < 1.29 is 9.59 Å². The zero-order valence-electron chi connectivity index (χ0n) is 22.6. The smallest absolute Gasteiger partial charge is 0.261 e. The Morgan fingerprint density at radius 2 is 1.76 bits per heavy atom. The molecule has 3 heterocycles. The lowest BCUT2D eigenvalue weighted by Gasteiger charge is -2.29. The molecule has 0 unspecified atom stereocenters. The van der Waals surface area contributed by atoms with E-state index in [9.17, 15) is 14.4 Å². The van der Waals surface area contributed by atoms with Crippen LogP contribution in [0.15, 0.2) is 88.3 Å². The zero-order chi connectivity index (χ0) is 29.4. The van der Waals surface area contributed by atoms with Crippen LogP contribution in [0.2, 0.25) is 5.02 Å². The lowest BCUT2D eigenvalue weighted by atomic mass is 10.0. The molecule has 212 valence electrons. The molecule has 1 aliphatic heterocycles. The average Bonchev–Trinajstić information content (AvgIpc) is 3.45. The molecule has 2 N–H and O–H groups in total. The predicted molar refractivity (Wildman–Crippen MR) is 166 cm³/mol. The molecule has 11 heteroatoms. The maximum atomic E-state index is 14.1. The number of hydrogen-bond acceptors (Lipinski definition) is 5. The van der Waals surface area contributed by atoms with Gasteiger partial charge in [0.2, 0.25) is 0 Å². The minimum absolute atomic E-state index is 0.174. The number of hydrogen-bond donors (Lipinski definition) is 2. The van der Waals surface area contributed by atoms with Gasteiger partial charge in [-0.25, -0.2) is 4.52 Å².